The molecule has 164 valence electrons. The average Bonchev–Trinajstić information content (AvgIpc) is 3.45. The highest BCUT2D eigenvalue weighted by Gasteiger charge is 2.24. The van der Waals surface area contributed by atoms with Gasteiger partial charge in [-0.25, -0.2) is 0 Å². The zero-order valence-electron chi connectivity index (χ0n) is 17.6. The van der Waals surface area contributed by atoms with E-state index in [1.165, 1.54) is 12.8 Å². The van der Waals surface area contributed by atoms with Crippen LogP contribution < -0.4 is 15.0 Å². The molecular formula is C24H28ClN3O3. The molecule has 1 N–H and O–H groups in total. The van der Waals surface area contributed by atoms with Crippen molar-refractivity contribution in [3.8, 4) is 5.75 Å². The van der Waals surface area contributed by atoms with Crippen LogP contribution in [-0.2, 0) is 9.59 Å². The largest absolute Gasteiger partial charge is 0.484 e. The summed E-state index contributed by atoms with van der Waals surface area (Å²) in [5.74, 6) is 0.599. The van der Waals surface area contributed by atoms with Crippen molar-refractivity contribution in [3.05, 3.63) is 59.1 Å². The maximum Gasteiger partial charge on any atom is 0.258 e. The molecule has 2 amide bonds. The van der Waals surface area contributed by atoms with Crippen LogP contribution in [0.4, 0.5) is 5.69 Å². The van der Waals surface area contributed by atoms with Crippen LogP contribution >= 0.6 is 11.6 Å². The molecule has 2 aliphatic heterocycles. The number of hydrogen-bond acceptors (Lipinski definition) is 4. The van der Waals surface area contributed by atoms with Gasteiger partial charge in [0, 0.05) is 30.2 Å². The number of anilines is 1. The molecule has 4 rings (SSSR count). The van der Waals surface area contributed by atoms with E-state index in [-0.39, 0.29) is 24.5 Å². The highest BCUT2D eigenvalue weighted by atomic mass is 35.5. The van der Waals surface area contributed by atoms with Gasteiger partial charge in [-0.3, -0.25) is 14.5 Å². The van der Waals surface area contributed by atoms with Crippen LogP contribution in [0, 0.1) is 0 Å². The zero-order valence-corrected chi connectivity index (χ0v) is 18.3. The molecule has 2 fully saturated rings. The van der Waals surface area contributed by atoms with E-state index in [1.807, 2.05) is 30.3 Å². The van der Waals surface area contributed by atoms with Gasteiger partial charge < -0.3 is 15.0 Å². The quantitative estimate of drug-likeness (QED) is 0.676. The summed E-state index contributed by atoms with van der Waals surface area (Å²) in [5, 5.41) is 3.71. The number of hydrogen-bond donors (Lipinski definition) is 1. The zero-order chi connectivity index (χ0) is 21.6. The summed E-state index contributed by atoms with van der Waals surface area (Å²) >= 11 is 6.19. The number of nitrogens with one attached hydrogen (secondary N) is 1. The number of halogens is 1. The molecule has 0 saturated carbocycles. The Labute approximate surface area is 188 Å². The molecule has 1 atom stereocenters. The SMILES string of the molecule is O=C(COc1ccc(N2CCCC2=O)cc1)NCC(c1cccc(Cl)c1)N1CCCC1. The number of carbonyl (C=O) groups excluding carboxylic acids is 2. The van der Waals surface area contributed by atoms with Gasteiger partial charge in [0.05, 0.1) is 6.04 Å². The van der Waals surface area contributed by atoms with Crippen LogP contribution in [-0.4, -0.2) is 49.5 Å². The summed E-state index contributed by atoms with van der Waals surface area (Å²) in [6, 6.07) is 15.3. The Hall–Kier alpha value is -2.57. The third kappa shape index (κ3) is 5.57. The normalized spacial score (nSPS) is 17.7. The van der Waals surface area contributed by atoms with E-state index in [0.717, 1.165) is 37.3 Å². The standard InChI is InChI=1S/C24H28ClN3O3/c25-19-6-3-5-18(15-19)22(27-12-1-2-13-27)16-26-23(29)17-31-21-10-8-20(9-11-21)28-14-4-7-24(28)30/h3,5-6,8-11,15,22H,1-2,4,7,12-14,16-17H2,(H,26,29). The third-order valence-corrected chi connectivity index (χ3v) is 6.13. The van der Waals surface area contributed by atoms with Crippen LogP contribution in [0.1, 0.15) is 37.3 Å². The van der Waals surface area contributed by atoms with Crippen molar-refractivity contribution in [1.29, 1.82) is 0 Å². The number of ether oxygens (including phenoxy) is 1. The average molecular weight is 442 g/mol. The lowest BCUT2D eigenvalue weighted by Crippen LogP contribution is -2.38. The predicted octanol–water partition coefficient (Wildman–Crippen LogP) is 3.80. The molecule has 2 saturated heterocycles. The van der Waals surface area contributed by atoms with Crippen LogP contribution in [0.2, 0.25) is 5.02 Å². The summed E-state index contributed by atoms with van der Waals surface area (Å²) in [7, 11) is 0. The first-order valence-electron chi connectivity index (χ1n) is 10.9. The van der Waals surface area contributed by atoms with E-state index in [1.54, 1.807) is 17.0 Å². The molecule has 6 nitrogen and oxygen atoms in total. The lowest BCUT2D eigenvalue weighted by molar-refractivity contribution is -0.123. The van der Waals surface area contributed by atoms with E-state index >= 15 is 0 Å². The van der Waals surface area contributed by atoms with Crippen molar-refractivity contribution in [2.24, 2.45) is 0 Å². The van der Waals surface area contributed by atoms with Gasteiger partial charge in [0.25, 0.3) is 5.91 Å². The molecule has 2 heterocycles. The van der Waals surface area contributed by atoms with Gasteiger partial charge >= 0.3 is 0 Å². The first-order chi connectivity index (χ1) is 15.1. The van der Waals surface area contributed by atoms with Gasteiger partial charge in [-0.15, -0.1) is 0 Å². The molecule has 0 aliphatic carbocycles. The Bertz CT molecular complexity index is 913. The minimum Gasteiger partial charge on any atom is -0.484 e. The predicted molar refractivity (Wildman–Crippen MR) is 122 cm³/mol. The lowest BCUT2D eigenvalue weighted by atomic mass is 10.1. The van der Waals surface area contributed by atoms with Crippen LogP contribution in [0.25, 0.3) is 0 Å². The second-order valence-electron chi connectivity index (χ2n) is 8.05. The summed E-state index contributed by atoms with van der Waals surface area (Å²) in [5.41, 5.74) is 1.98. The molecular weight excluding hydrogens is 414 g/mol. The Kier molecular flexibility index (Phi) is 7.10. The topological polar surface area (TPSA) is 61.9 Å². The van der Waals surface area contributed by atoms with Crippen LogP contribution in [0.15, 0.2) is 48.5 Å². The Morgan fingerprint density at radius 3 is 2.52 bits per heavy atom. The van der Waals surface area contributed by atoms with Gasteiger partial charge in [-0.05, 0) is 74.3 Å². The Morgan fingerprint density at radius 1 is 1.06 bits per heavy atom. The first kappa shape index (κ1) is 21.7. The highest BCUT2D eigenvalue weighted by Crippen LogP contribution is 2.27. The van der Waals surface area contributed by atoms with Crippen LogP contribution in [0.5, 0.6) is 5.75 Å². The molecule has 0 radical (unpaired) electrons. The Morgan fingerprint density at radius 2 is 1.84 bits per heavy atom. The smallest absolute Gasteiger partial charge is 0.258 e. The summed E-state index contributed by atoms with van der Waals surface area (Å²) < 4.78 is 5.64. The number of benzene rings is 2. The van der Waals surface area contributed by atoms with Gasteiger partial charge in [-0.2, -0.15) is 0 Å². The Balaban J connectivity index is 1.30. The third-order valence-electron chi connectivity index (χ3n) is 5.90. The van der Waals surface area contributed by atoms with Crippen molar-refractivity contribution in [2.45, 2.75) is 31.7 Å². The summed E-state index contributed by atoms with van der Waals surface area (Å²) in [6.07, 6.45) is 3.84. The second kappa shape index (κ2) is 10.2. The lowest BCUT2D eigenvalue weighted by Gasteiger charge is -2.28. The molecule has 2 aliphatic rings. The molecule has 0 spiro atoms. The van der Waals surface area contributed by atoms with Gasteiger partial charge in [0.15, 0.2) is 6.61 Å². The number of nitrogens with zero attached hydrogens (tertiary/aromatic N) is 2. The van der Waals surface area contributed by atoms with E-state index in [0.29, 0.717) is 23.7 Å². The number of rotatable bonds is 8. The monoisotopic (exact) mass is 441 g/mol. The molecule has 1 unspecified atom stereocenters. The highest BCUT2D eigenvalue weighted by molar-refractivity contribution is 6.30. The number of likely N-dealkylation sites (tertiary alicyclic amines) is 1. The van der Waals surface area contributed by atoms with Crippen molar-refractivity contribution in [2.75, 3.05) is 37.7 Å². The summed E-state index contributed by atoms with van der Waals surface area (Å²) in [6.45, 7) is 3.26. The van der Waals surface area contributed by atoms with Crippen molar-refractivity contribution in [1.82, 2.24) is 10.2 Å². The minimum absolute atomic E-state index is 0.0513. The van der Waals surface area contributed by atoms with Gasteiger partial charge in [-0.1, -0.05) is 23.7 Å². The minimum atomic E-state index is -0.162. The van der Waals surface area contributed by atoms with E-state index < -0.39 is 0 Å². The van der Waals surface area contributed by atoms with Crippen molar-refractivity contribution < 1.29 is 14.3 Å². The second-order valence-corrected chi connectivity index (χ2v) is 8.49. The van der Waals surface area contributed by atoms with Gasteiger partial charge in [0.2, 0.25) is 5.91 Å². The molecule has 7 heteroatoms. The van der Waals surface area contributed by atoms with E-state index in [2.05, 4.69) is 16.3 Å². The molecule has 0 aromatic heterocycles. The number of amides is 2. The van der Waals surface area contributed by atoms with Gasteiger partial charge in [0.1, 0.15) is 5.75 Å². The van der Waals surface area contributed by atoms with E-state index in [9.17, 15) is 9.59 Å². The molecule has 2 aromatic carbocycles. The molecule has 31 heavy (non-hydrogen) atoms. The molecule has 0 bridgehead atoms. The maximum absolute atomic E-state index is 12.4. The van der Waals surface area contributed by atoms with E-state index in [4.69, 9.17) is 16.3 Å². The van der Waals surface area contributed by atoms with Crippen LogP contribution in [0.3, 0.4) is 0 Å². The fourth-order valence-electron chi connectivity index (χ4n) is 4.28. The van der Waals surface area contributed by atoms with Crippen molar-refractivity contribution in [3.63, 3.8) is 0 Å². The summed E-state index contributed by atoms with van der Waals surface area (Å²) in [4.78, 5) is 28.4. The number of carbonyl (C=O) groups is 2. The fraction of sp³-hybridized carbons (Fsp3) is 0.417. The fourth-order valence-corrected chi connectivity index (χ4v) is 4.48. The first-order valence-corrected chi connectivity index (χ1v) is 11.3. The molecule has 2 aromatic rings. The van der Waals surface area contributed by atoms with Crippen molar-refractivity contribution >= 4 is 29.1 Å². The maximum atomic E-state index is 12.4.